The molecule has 0 amide bonds. The summed E-state index contributed by atoms with van der Waals surface area (Å²) in [6, 6.07) is 9.75. The molecule has 0 atom stereocenters. The normalized spacial score (nSPS) is 11.4. The first-order valence-electron chi connectivity index (χ1n) is 7.86. The van der Waals surface area contributed by atoms with E-state index in [2.05, 4.69) is 25.0 Å². The summed E-state index contributed by atoms with van der Waals surface area (Å²) in [5.41, 5.74) is 5.03. The molecule has 0 N–H and O–H groups in total. The van der Waals surface area contributed by atoms with Crippen molar-refractivity contribution in [2.24, 2.45) is 0 Å². The highest BCUT2D eigenvalue weighted by Crippen LogP contribution is 2.21. The molecule has 25 heavy (non-hydrogen) atoms. The van der Waals surface area contributed by atoms with Crippen LogP contribution < -0.4 is 0 Å². The number of nitrogens with zero attached hydrogens (tertiary/aromatic N) is 7. The van der Waals surface area contributed by atoms with Gasteiger partial charge in [0.05, 0.1) is 11.4 Å². The lowest BCUT2D eigenvalue weighted by Crippen LogP contribution is -1.91. The van der Waals surface area contributed by atoms with Crippen LogP contribution in [0.1, 0.15) is 5.69 Å². The Bertz CT molecular complexity index is 1200. The Morgan fingerprint density at radius 1 is 0.920 bits per heavy atom. The monoisotopic (exact) mass is 327 g/mol. The van der Waals surface area contributed by atoms with Crippen molar-refractivity contribution in [1.29, 1.82) is 0 Å². The van der Waals surface area contributed by atoms with Gasteiger partial charge in [0, 0.05) is 36.5 Å². The van der Waals surface area contributed by atoms with Gasteiger partial charge in [-0.3, -0.25) is 9.97 Å². The number of rotatable bonds is 2. The molecule has 0 aliphatic carbocycles. The molecule has 0 radical (unpaired) electrons. The maximum Gasteiger partial charge on any atom is 0.182 e. The molecule has 0 aromatic carbocycles. The highest BCUT2D eigenvalue weighted by molar-refractivity contribution is 5.66. The van der Waals surface area contributed by atoms with E-state index >= 15 is 0 Å². The molecular weight excluding hydrogens is 314 g/mol. The van der Waals surface area contributed by atoms with Crippen molar-refractivity contribution in [3.63, 3.8) is 0 Å². The molecule has 0 saturated carbocycles. The Morgan fingerprint density at radius 2 is 1.88 bits per heavy atom. The average molecular weight is 327 g/mol. The second kappa shape index (κ2) is 5.20. The van der Waals surface area contributed by atoms with Gasteiger partial charge in [-0.25, -0.2) is 14.5 Å². The van der Waals surface area contributed by atoms with Crippen LogP contribution in [0.5, 0.6) is 0 Å². The Morgan fingerprint density at radius 3 is 2.72 bits per heavy atom. The molecule has 0 saturated heterocycles. The third-order valence-electron chi connectivity index (χ3n) is 4.08. The van der Waals surface area contributed by atoms with Gasteiger partial charge < -0.3 is 4.40 Å². The smallest absolute Gasteiger partial charge is 0.182 e. The zero-order chi connectivity index (χ0) is 16.8. The minimum atomic E-state index is 0.654. The van der Waals surface area contributed by atoms with E-state index in [1.807, 2.05) is 54.0 Å². The molecular formula is C18H13N7. The van der Waals surface area contributed by atoms with Crippen molar-refractivity contribution >= 4 is 11.3 Å². The van der Waals surface area contributed by atoms with Crippen LogP contribution in [0.2, 0.25) is 0 Å². The molecule has 5 aromatic rings. The van der Waals surface area contributed by atoms with Gasteiger partial charge >= 0.3 is 0 Å². The van der Waals surface area contributed by atoms with E-state index in [9.17, 15) is 0 Å². The van der Waals surface area contributed by atoms with Crippen molar-refractivity contribution in [3.05, 3.63) is 67.0 Å². The fraction of sp³-hybridized carbons (Fsp3) is 0.0556. The van der Waals surface area contributed by atoms with Crippen LogP contribution in [0.3, 0.4) is 0 Å². The van der Waals surface area contributed by atoms with Gasteiger partial charge in [0.1, 0.15) is 11.3 Å². The van der Waals surface area contributed by atoms with Crippen molar-refractivity contribution in [1.82, 2.24) is 34.0 Å². The second-order valence-corrected chi connectivity index (χ2v) is 5.74. The standard InChI is InChI=1S/C18H13N7/c1-12-18-22-17(23-25(18)9-7-19-12)13-5-8-24-11-15(21-16(24)10-13)14-4-2-3-6-20-14/h2-11H,1H3. The van der Waals surface area contributed by atoms with E-state index in [0.717, 1.165) is 33.9 Å². The molecule has 0 aliphatic rings. The summed E-state index contributed by atoms with van der Waals surface area (Å²) in [6.07, 6.45) is 9.21. The first-order chi connectivity index (χ1) is 12.3. The van der Waals surface area contributed by atoms with Crippen LogP contribution >= 0.6 is 0 Å². The first-order valence-corrected chi connectivity index (χ1v) is 7.86. The molecule has 5 rings (SSSR count). The predicted molar refractivity (Wildman–Crippen MR) is 92.9 cm³/mol. The largest absolute Gasteiger partial charge is 0.306 e. The molecule has 5 aromatic heterocycles. The molecule has 0 aliphatic heterocycles. The molecule has 0 bridgehead atoms. The van der Waals surface area contributed by atoms with E-state index in [1.165, 1.54) is 0 Å². The second-order valence-electron chi connectivity index (χ2n) is 5.74. The van der Waals surface area contributed by atoms with Crippen LogP contribution in [-0.2, 0) is 0 Å². The van der Waals surface area contributed by atoms with E-state index in [0.29, 0.717) is 5.82 Å². The lowest BCUT2D eigenvalue weighted by molar-refractivity contribution is 0.937. The average Bonchev–Trinajstić information content (AvgIpc) is 3.26. The highest BCUT2D eigenvalue weighted by Gasteiger charge is 2.11. The zero-order valence-corrected chi connectivity index (χ0v) is 13.4. The number of aromatic nitrogens is 7. The Hall–Kier alpha value is -3.61. The van der Waals surface area contributed by atoms with Crippen molar-refractivity contribution in [2.75, 3.05) is 0 Å². The number of fused-ring (bicyclic) bond motifs is 2. The van der Waals surface area contributed by atoms with Gasteiger partial charge in [-0.1, -0.05) is 6.07 Å². The van der Waals surface area contributed by atoms with Gasteiger partial charge in [-0.2, -0.15) is 0 Å². The lowest BCUT2D eigenvalue weighted by atomic mass is 10.2. The molecule has 0 fully saturated rings. The molecule has 120 valence electrons. The molecule has 7 nitrogen and oxygen atoms in total. The topological polar surface area (TPSA) is 73.3 Å². The SMILES string of the molecule is Cc1nccn2nc(-c3ccn4cc(-c5ccccn5)nc4c3)nc12. The van der Waals surface area contributed by atoms with Crippen molar-refractivity contribution in [2.45, 2.75) is 6.92 Å². The Labute approximate surface area is 142 Å². The van der Waals surface area contributed by atoms with Gasteiger partial charge in [0.15, 0.2) is 11.5 Å². The molecule has 7 heteroatoms. The minimum Gasteiger partial charge on any atom is -0.306 e. The van der Waals surface area contributed by atoms with Crippen molar-refractivity contribution in [3.8, 4) is 22.8 Å². The quantitative estimate of drug-likeness (QED) is 0.498. The van der Waals surface area contributed by atoms with Crippen LogP contribution in [0.25, 0.3) is 34.1 Å². The fourth-order valence-electron chi connectivity index (χ4n) is 2.82. The predicted octanol–water partition coefficient (Wildman–Crippen LogP) is 2.81. The Balaban J connectivity index is 1.63. The first kappa shape index (κ1) is 13.8. The summed E-state index contributed by atoms with van der Waals surface area (Å²) in [4.78, 5) is 17.9. The summed E-state index contributed by atoms with van der Waals surface area (Å²) in [7, 11) is 0. The van der Waals surface area contributed by atoms with Crippen molar-refractivity contribution < 1.29 is 0 Å². The van der Waals surface area contributed by atoms with Crippen LogP contribution in [0.15, 0.2) is 61.3 Å². The van der Waals surface area contributed by atoms with Gasteiger partial charge in [-0.05, 0) is 31.2 Å². The number of aryl methyl sites for hydroxylation is 1. The number of pyridine rings is 2. The number of hydrogen-bond acceptors (Lipinski definition) is 5. The van der Waals surface area contributed by atoms with E-state index in [-0.39, 0.29) is 0 Å². The van der Waals surface area contributed by atoms with E-state index < -0.39 is 0 Å². The lowest BCUT2D eigenvalue weighted by Gasteiger charge is -1.96. The summed E-state index contributed by atoms with van der Waals surface area (Å²) in [5, 5.41) is 4.53. The zero-order valence-electron chi connectivity index (χ0n) is 13.4. The van der Waals surface area contributed by atoms with Crippen LogP contribution in [0, 0.1) is 6.92 Å². The van der Waals surface area contributed by atoms with E-state index in [1.54, 1.807) is 23.1 Å². The van der Waals surface area contributed by atoms with Crippen LogP contribution in [0.4, 0.5) is 0 Å². The fourth-order valence-corrected chi connectivity index (χ4v) is 2.82. The molecule has 0 unspecified atom stereocenters. The van der Waals surface area contributed by atoms with E-state index in [4.69, 9.17) is 0 Å². The van der Waals surface area contributed by atoms with Gasteiger partial charge in [-0.15, -0.1) is 5.10 Å². The molecule has 0 spiro atoms. The maximum absolute atomic E-state index is 4.67. The number of hydrogen-bond donors (Lipinski definition) is 0. The maximum atomic E-state index is 4.67. The van der Waals surface area contributed by atoms with Gasteiger partial charge in [0.2, 0.25) is 0 Å². The summed E-state index contributed by atoms with van der Waals surface area (Å²) in [5.74, 6) is 0.654. The number of imidazole rings is 1. The summed E-state index contributed by atoms with van der Waals surface area (Å²) >= 11 is 0. The van der Waals surface area contributed by atoms with Crippen LogP contribution in [-0.4, -0.2) is 34.0 Å². The minimum absolute atomic E-state index is 0.654. The summed E-state index contributed by atoms with van der Waals surface area (Å²) < 4.78 is 3.71. The highest BCUT2D eigenvalue weighted by atomic mass is 15.3. The van der Waals surface area contributed by atoms with Gasteiger partial charge in [0.25, 0.3) is 0 Å². The molecule has 5 heterocycles. The third kappa shape index (κ3) is 2.25. The third-order valence-corrected chi connectivity index (χ3v) is 4.08. The summed E-state index contributed by atoms with van der Waals surface area (Å²) in [6.45, 7) is 1.92. The Kier molecular flexibility index (Phi) is 2.87.